The Morgan fingerprint density at radius 2 is 2.39 bits per heavy atom. The van der Waals surface area contributed by atoms with Gasteiger partial charge in [-0.1, -0.05) is 19.1 Å². The summed E-state index contributed by atoms with van der Waals surface area (Å²) in [5.74, 6) is 2.17. The number of thiocarbonyl (C=S) groups is 1. The molecule has 0 aliphatic carbocycles. The highest BCUT2D eigenvalue weighted by Gasteiger charge is 2.20. The van der Waals surface area contributed by atoms with Crippen LogP contribution in [0.5, 0.6) is 0 Å². The minimum Gasteiger partial charge on any atom is -0.389 e. The van der Waals surface area contributed by atoms with Gasteiger partial charge < -0.3 is 10.6 Å². The summed E-state index contributed by atoms with van der Waals surface area (Å²) in [5.41, 5.74) is 7.60. The van der Waals surface area contributed by atoms with Gasteiger partial charge in [0, 0.05) is 35.3 Å². The van der Waals surface area contributed by atoms with Crippen molar-refractivity contribution in [2.24, 2.45) is 5.73 Å². The van der Waals surface area contributed by atoms with Crippen molar-refractivity contribution in [3.63, 3.8) is 0 Å². The number of aromatic nitrogens is 1. The second kappa shape index (κ2) is 5.89. The molecule has 3 nitrogen and oxygen atoms in total. The molecule has 1 aromatic heterocycles. The van der Waals surface area contributed by atoms with Crippen LogP contribution in [-0.2, 0) is 0 Å². The van der Waals surface area contributed by atoms with E-state index in [-0.39, 0.29) is 0 Å². The number of thioether (sulfide) groups is 1. The molecule has 18 heavy (non-hydrogen) atoms. The van der Waals surface area contributed by atoms with Crippen LogP contribution >= 0.6 is 24.0 Å². The van der Waals surface area contributed by atoms with Gasteiger partial charge in [0.1, 0.15) is 10.8 Å². The lowest BCUT2D eigenvalue weighted by molar-refractivity contribution is 0.719. The lowest BCUT2D eigenvalue weighted by Crippen LogP contribution is -2.38. The van der Waals surface area contributed by atoms with Gasteiger partial charge in [-0.15, -0.1) is 0 Å². The van der Waals surface area contributed by atoms with Gasteiger partial charge in [0.25, 0.3) is 0 Å². The van der Waals surface area contributed by atoms with Gasteiger partial charge in [-0.05, 0) is 25.5 Å². The fourth-order valence-corrected chi connectivity index (χ4v) is 3.43. The summed E-state index contributed by atoms with van der Waals surface area (Å²) in [6, 6.07) is 3.96. The molecule has 1 aliphatic heterocycles. The quantitative estimate of drug-likeness (QED) is 0.862. The zero-order chi connectivity index (χ0) is 13.1. The van der Waals surface area contributed by atoms with Crippen LogP contribution in [0.2, 0.25) is 0 Å². The van der Waals surface area contributed by atoms with E-state index in [1.807, 2.05) is 19.1 Å². The Labute approximate surface area is 118 Å². The number of anilines is 1. The molecule has 98 valence electrons. The van der Waals surface area contributed by atoms with E-state index < -0.39 is 0 Å². The van der Waals surface area contributed by atoms with Crippen LogP contribution in [-0.4, -0.2) is 34.1 Å². The Balaban J connectivity index is 2.24. The molecule has 1 aliphatic rings. The molecule has 2 heterocycles. The van der Waals surface area contributed by atoms with E-state index >= 15 is 0 Å². The highest BCUT2D eigenvalue weighted by molar-refractivity contribution is 8.00. The first-order chi connectivity index (χ1) is 8.60. The molecule has 1 unspecified atom stereocenters. The van der Waals surface area contributed by atoms with E-state index in [1.54, 1.807) is 0 Å². The average Bonchev–Trinajstić information content (AvgIpc) is 2.38. The van der Waals surface area contributed by atoms with Gasteiger partial charge >= 0.3 is 0 Å². The number of nitrogens with zero attached hydrogens (tertiary/aromatic N) is 2. The van der Waals surface area contributed by atoms with E-state index in [2.05, 4.69) is 28.6 Å². The highest BCUT2D eigenvalue weighted by Crippen LogP contribution is 2.25. The largest absolute Gasteiger partial charge is 0.389 e. The molecule has 0 bridgehead atoms. The molecular weight excluding hydrogens is 262 g/mol. The Kier molecular flexibility index (Phi) is 4.45. The smallest absolute Gasteiger partial charge is 0.129 e. The molecule has 2 N–H and O–H groups in total. The SMILES string of the molecule is CCC1CN(c2cc(C(N)=S)cc(C)n2)CCS1. The topological polar surface area (TPSA) is 42.1 Å². The molecule has 5 heteroatoms. The van der Waals surface area contributed by atoms with Crippen molar-refractivity contribution in [1.29, 1.82) is 0 Å². The van der Waals surface area contributed by atoms with Crippen molar-refractivity contribution >= 4 is 34.8 Å². The molecule has 1 saturated heterocycles. The Morgan fingerprint density at radius 3 is 3.06 bits per heavy atom. The first-order valence-corrected chi connectivity index (χ1v) is 7.71. The normalized spacial score (nSPS) is 19.9. The van der Waals surface area contributed by atoms with Crippen LogP contribution in [0.15, 0.2) is 12.1 Å². The summed E-state index contributed by atoms with van der Waals surface area (Å²) < 4.78 is 0. The molecule has 2 rings (SSSR count). The average molecular weight is 281 g/mol. The van der Waals surface area contributed by atoms with Gasteiger partial charge in [-0.3, -0.25) is 0 Å². The fraction of sp³-hybridized carbons (Fsp3) is 0.538. The second-order valence-corrected chi connectivity index (χ2v) is 6.41. The molecule has 0 aromatic carbocycles. The van der Waals surface area contributed by atoms with Crippen molar-refractivity contribution in [2.45, 2.75) is 25.5 Å². The van der Waals surface area contributed by atoms with Gasteiger partial charge in [-0.2, -0.15) is 11.8 Å². The maximum Gasteiger partial charge on any atom is 0.129 e. The number of hydrogen-bond donors (Lipinski definition) is 1. The molecule has 1 atom stereocenters. The molecule has 0 spiro atoms. The summed E-state index contributed by atoms with van der Waals surface area (Å²) in [5, 5.41) is 0.703. The minimum atomic E-state index is 0.445. The summed E-state index contributed by atoms with van der Waals surface area (Å²) in [6.07, 6.45) is 1.20. The van der Waals surface area contributed by atoms with Crippen LogP contribution in [0.4, 0.5) is 5.82 Å². The van der Waals surface area contributed by atoms with Crippen molar-refractivity contribution < 1.29 is 0 Å². The van der Waals surface area contributed by atoms with E-state index in [0.29, 0.717) is 10.2 Å². The highest BCUT2D eigenvalue weighted by atomic mass is 32.2. The zero-order valence-corrected chi connectivity index (χ0v) is 12.5. The van der Waals surface area contributed by atoms with Crippen molar-refractivity contribution in [3.05, 3.63) is 23.4 Å². The summed E-state index contributed by atoms with van der Waals surface area (Å²) in [7, 11) is 0. The Hall–Kier alpha value is -0.810. The van der Waals surface area contributed by atoms with E-state index in [9.17, 15) is 0 Å². The maximum absolute atomic E-state index is 5.72. The number of rotatable bonds is 3. The molecule has 0 saturated carbocycles. The minimum absolute atomic E-state index is 0.445. The van der Waals surface area contributed by atoms with E-state index in [1.165, 1.54) is 6.42 Å². The molecule has 1 aromatic rings. The fourth-order valence-electron chi connectivity index (χ4n) is 2.13. The second-order valence-electron chi connectivity index (χ2n) is 4.57. The van der Waals surface area contributed by atoms with Crippen molar-refractivity contribution in [1.82, 2.24) is 4.98 Å². The first kappa shape index (κ1) is 13.6. The Bertz CT molecular complexity index is 448. The monoisotopic (exact) mass is 281 g/mol. The van der Waals surface area contributed by atoms with Gasteiger partial charge in [0.05, 0.1) is 0 Å². The third-order valence-electron chi connectivity index (χ3n) is 3.14. The third kappa shape index (κ3) is 3.14. The summed E-state index contributed by atoms with van der Waals surface area (Å²) >= 11 is 7.11. The standard InChI is InChI=1S/C13H19N3S2/c1-3-11-8-16(4-5-18-11)12-7-10(13(14)17)6-9(2)15-12/h6-7,11H,3-5,8H2,1-2H3,(H2,14,17). The number of pyridine rings is 1. The predicted octanol–water partition coefficient (Wildman–Crippen LogP) is 2.36. The summed E-state index contributed by atoms with van der Waals surface area (Å²) in [6.45, 7) is 6.34. The zero-order valence-electron chi connectivity index (χ0n) is 10.8. The predicted molar refractivity (Wildman–Crippen MR) is 83.6 cm³/mol. The number of hydrogen-bond acceptors (Lipinski definition) is 4. The summed E-state index contributed by atoms with van der Waals surface area (Å²) in [4.78, 5) is 7.40. The number of nitrogens with two attached hydrogens (primary N) is 1. The lowest BCUT2D eigenvalue weighted by Gasteiger charge is -2.33. The molecule has 1 fully saturated rings. The molecular formula is C13H19N3S2. The Morgan fingerprint density at radius 1 is 1.61 bits per heavy atom. The van der Waals surface area contributed by atoms with Crippen LogP contribution in [0, 0.1) is 6.92 Å². The van der Waals surface area contributed by atoms with E-state index in [0.717, 1.165) is 35.9 Å². The van der Waals surface area contributed by atoms with Crippen LogP contribution < -0.4 is 10.6 Å². The van der Waals surface area contributed by atoms with E-state index in [4.69, 9.17) is 18.0 Å². The van der Waals surface area contributed by atoms with Crippen molar-refractivity contribution in [2.75, 3.05) is 23.7 Å². The molecule has 0 amide bonds. The third-order valence-corrected chi connectivity index (χ3v) is 4.75. The van der Waals surface area contributed by atoms with Crippen LogP contribution in [0.3, 0.4) is 0 Å². The number of aryl methyl sites for hydroxylation is 1. The van der Waals surface area contributed by atoms with Crippen molar-refractivity contribution in [3.8, 4) is 0 Å². The van der Waals surface area contributed by atoms with Crippen LogP contribution in [0.1, 0.15) is 24.6 Å². The maximum atomic E-state index is 5.72. The molecule has 0 radical (unpaired) electrons. The van der Waals surface area contributed by atoms with Gasteiger partial charge in [-0.25, -0.2) is 4.98 Å². The van der Waals surface area contributed by atoms with Gasteiger partial charge in [0.15, 0.2) is 0 Å². The first-order valence-electron chi connectivity index (χ1n) is 6.25. The van der Waals surface area contributed by atoms with Gasteiger partial charge in [0.2, 0.25) is 0 Å². The lowest BCUT2D eigenvalue weighted by atomic mass is 10.2. The van der Waals surface area contributed by atoms with Crippen LogP contribution in [0.25, 0.3) is 0 Å².